The Hall–Kier alpha value is -2.16. The molecule has 2 aromatic heterocycles. The first-order valence-corrected chi connectivity index (χ1v) is 7.29. The van der Waals surface area contributed by atoms with Crippen LogP contribution in [0.4, 0.5) is 0 Å². The molecule has 0 radical (unpaired) electrons. The molecule has 0 atom stereocenters. The average Bonchev–Trinajstić information content (AvgIpc) is 2.82. The molecule has 0 fully saturated rings. The maximum atomic E-state index is 4.65. The van der Waals surface area contributed by atoms with Crippen LogP contribution in [0.3, 0.4) is 0 Å². The van der Waals surface area contributed by atoms with Crippen LogP contribution in [0.1, 0.15) is 37.7 Å². The van der Waals surface area contributed by atoms with Crippen LogP contribution in [0.2, 0.25) is 0 Å². The van der Waals surface area contributed by atoms with Gasteiger partial charge >= 0.3 is 0 Å². The zero-order chi connectivity index (χ0) is 15.2. The van der Waals surface area contributed by atoms with E-state index in [0.29, 0.717) is 0 Å². The van der Waals surface area contributed by atoms with E-state index in [4.69, 9.17) is 0 Å². The highest BCUT2D eigenvalue weighted by molar-refractivity contribution is 5.62. The van der Waals surface area contributed by atoms with Gasteiger partial charge in [0.1, 0.15) is 0 Å². The summed E-state index contributed by atoms with van der Waals surface area (Å²) in [7, 11) is 0. The fraction of sp³-hybridized carbons (Fsp3) is 0.333. The van der Waals surface area contributed by atoms with Crippen molar-refractivity contribution in [1.82, 2.24) is 14.4 Å². The second-order valence-corrected chi connectivity index (χ2v) is 6.66. The molecule has 3 nitrogen and oxygen atoms in total. The number of benzene rings is 1. The van der Waals surface area contributed by atoms with Crippen molar-refractivity contribution in [3.8, 4) is 11.3 Å². The van der Waals surface area contributed by atoms with Crippen LogP contribution in [-0.4, -0.2) is 14.4 Å². The number of hydrogen-bond donors (Lipinski definition) is 0. The van der Waals surface area contributed by atoms with Gasteiger partial charge in [0.05, 0.1) is 5.69 Å². The van der Waals surface area contributed by atoms with Crippen molar-refractivity contribution in [1.29, 1.82) is 0 Å². The Labute approximate surface area is 125 Å². The van der Waals surface area contributed by atoms with E-state index < -0.39 is 0 Å². The molecule has 0 bridgehead atoms. The van der Waals surface area contributed by atoms with Crippen molar-refractivity contribution in [2.45, 2.75) is 40.0 Å². The lowest BCUT2D eigenvalue weighted by Crippen LogP contribution is -2.10. The molecular weight excluding hydrogens is 258 g/mol. The van der Waals surface area contributed by atoms with Crippen LogP contribution in [0.25, 0.3) is 17.0 Å². The Kier molecular flexibility index (Phi) is 3.08. The Morgan fingerprint density at radius 1 is 0.952 bits per heavy atom. The van der Waals surface area contributed by atoms with Crippen LogP contribution in [-0.2, 0) is 5.41 Å². The molecule has 3 heteroatoms. The SMILES string of the molecule is Cc1cc(C)n2cc(-c3ccc(C(C)(C)C)cc3)nc2n1. The van der Waals surface area contributed by atoms with Gasteiger partial charge in [-0.2, -0.15) is 0 Å². The summed E-state index contributed by atoms with van der Waals surface area (Å²) >= 11 is 0. The number of imidazole rings is 1. The van der Waals surface area contributed by atoms with Crippen LogP contribution in [0, 0.1) is 13.8 Å². The first-order chi connectivity index (χ1) is 9.84. The maximum Gasteiger partial charge on any atom is 0.234 e. The van der Waals surface area contributed by atoms with Gasteiger partial charge in [-0.1, -0.05) is 45.0 Å². The Morgan fingerprint density at radius 3 is 2.24 bits per heavy atom. The topological polar surface area (TPSA) is 30.2 Å². The van der Waals surface area contributed by atoms with E-state index >= 15 is 0 Å². The summed E-state index contributed by atoms with van der Waals surface area (Å²) < 4.78 is 2.04. The van der Waals surface area contributed by atoms with Crippen molar-refractivity contribution in [2.75, 3.05) is 0 Å². The smallest absolute Gasteiger partial charge is 0.234 e. The highest BCUT2D eigenvalue weighted by atomic mass is 15.1. The molecule has 0 aliphatic heterocycles. The summed E-state index contributed by atoms with van der Waals surface area (Å²) in [5.41, 5.74) is 5.76. The molecule has 0 amide bonds. The fourth-order valence-electron chi connectivity index (χ4n) is 2.55. The number of aromatic nitrogens is 3. The van der Waals surface area contributed by atoms with E-state index in [0.717, 1.165) is 28.4 Å². The molecular formula is C18H21N3. The first-order valence-electron chi connectivity index (χ1n) is 7.29. The van der Waals surface area contributed by atoms with E-state index in [9.17, 15) is 0 Å². The van der Waals surface area contributed by atoms with Crippen molar-refractivity contribution < 1.29 is 0 Å². The fourth-order valence-corrected chi connectivity index (χ4v) is 2.55. The third-order valence-electron chi connectivity index (χ3n) is 3.81. The van der Waals surface area contributed by atoms with E-state index in [1.165, 1.54) is 5.56 Å². The van der Waals surface area contributed by atoms with E-state index in [-0.39, 0.29) is 5.41 Å². The molecule has 0 unspecified atom stereocenters. The zero-order valence-corrected chi connectivity index (χ0v) is 13.3. The van der Waals surface area contributed by atoms with E-state index in [1.54, 1.807) is 0 Å². The van der Waals surface area contributed by atoms with Crippen LogP contribution < -0.4 is 0 Å². The lowest BCUT2D eigenvalue weighted by atomic mass is 9.86. The number of rotatable bonds is 1. The van der Waals surface area contributed by atoms with Crippen LogP contribution in [0.5, 0.6) is 0 Å². The summed E-state index contributed by atoms with van der Waals surface area (Å²) in [6, 6.07) is 10.7. The number of fused-ring (bicyclic) bond motifs is 1. The van der Waals surface area contributed by atoms with Gasteiger partial charge in [0.2, 0.25) is 5.78 Å². The summed E-state index contributed by atoms with van der Waals surface area (Å²) in [6.45, 7) is 10.8. The minimum Gasteiger partial charge on any atom is -0.288 e. The van der Waals surface area contributed by atoms with E-state index in [1.807, 2.05) is 11.3 Å². The molecule has 0 aliphatic carbocycles. The Bertz CT molecular complexity index is 790. The minimum atomic E-state index is 0.173. The molecule has 1 aromatic carbocycles. The molecule has 3 rings (SSSR count). The largest absolute Gasteiger partial charge is 0.288 e. The third kappa shape index (κ3) is 2.56. The quantitative estimate of drug-likeness (QED) is 0.664. The van der Waals surface area contributed by atoms with Gasteiger partial charge < -0.3 is 0 Å². The van der Waals surface area contributed by atoms with Gasteiger partial charge in [0.25, 0.3) is 0 Å². The van der Waals surface area contributed by atoms with Gasteiger partial charge in [0.15, 0.2) is 0 Å². The van der Waals surface area contributed by atoms with Gasteiger partial charge in [-0.05, 0) is 30.9 Å². The Balaban J connectivity index is 2.06. The molecule has 0 saturated heterocycles. The Morgan fingerprint density at radius 2 is 1.62 bits per heavy atom. The third-order valence-corrected chi connectivity index (χ3v) is 3.81. The second-order valence-electron chi connectivity index (χ2n) is 6.66. The summed E-state index contributed by atoms with van der Waals surface area (Å²) in [4.78, 5) is 9.14. The molecule has 0 spiro atoms. The molecule has 0 aliphatic rings. The number of aryl methyl sites for hydroxylation is 2. The summed E-state index contributed by atoms with van der Waals surface area (Å²) in [5.74, 6) is 0.766. The average molecular weight is 279 g/mol. The summed E-state index contributed by atoms with van der Waals surface area (Å²) in [5, 5.41) is 0. The van der Waals surface area contributed by atoms with Crippen LogP contribution in [0.15, 0.2) is 36.5 Å². The first kappa shape index (κ1) is 13.8. The maximum absolute atomic E-state index is 4.65. The predicted octanol–water partition coefficient (Wildman–Crippen LogP) is 4.31. The van der Waals surface area contributed by atoms with Crippen molar-refractivity contribution in [3.63, 3.8) is 0 Å². The molecule has 108 valence electrons. The molecule has 0 N–H and O–H groups in total. The molecule has 3 aromatic rings. The lowest BCUT2D eigenvalue weighted by molar-refractivity contribution is 0.590. The molecule has 0 saturated carbocycles. The van der Waals surface area contributed by atoms with Crippen molar-refractivity contribution in [2.24, 2.45) is 0 Å². The van der Waals surface area contributed by atoms with Crippen molar-refractivity contribution >= 4 is 5.78 Å². The lowest BCUT2D eigenvalue weighted by Gasteiger charge is -2.18. The second kappa shape index (κ2) is 4.69. The molecule has 2 heterocycles. The monoisotopic (exact) mass is 279 g/mol. The zero-order valence-electron chi connectivity index (χ0n) is 13.3. The number of hydrogen-bond acceptors (Lipinski definition) is 2. The number of nitrogens with zero attached hydrogens (tertiary/aromatic N) is 3. The van der Waals surface area contributed by atoms with Gasteiger partial charge in [0, 0.05) is 23.1 Å². The van der Waals surface area contributed by atoms with E-state index in [2.05, 4.69) is 74.2 Å². The minimum absolute atomic E-state index is 0.173. The normalized spacial score (nSPS) is 12.0. The summed E-state index contributed by atoms with van der Waals surface area (Å²) in [6.07, 6.45) is 2.06. The van der Waals surface area contributed by atoms with Gasteiger partial charge in [-0.3, -0.25) is 4.40 Å². The highest BCUT2D eigenvalue weighted by Gasteiger charge is 2.14. The van der Waals surface area contributed by atoms with Crippen molar-refractivity contribution in [3.05, 3.63) is 53.5 Å². The molecule has 21 heavy (non-hydrogen) atoms. The van der Waals surface area contributed by atoms with Gasteiger partial charge in [-0.15, -0.1) is 0 Å². The van der Waals surface area contributed by atoms with Crippen LogP contribution >= 0.6 is 0 Å². The standard InChI is InChI=1S/C18H21N3/c1-12-10-13(2)21-11-16(20-17(21)19-12)14-6-8-15(9-7-14)18(3,4)5/h6-11H,1-5H3. The van der Waals surface area contributed by atoms with Gasteiger partial charge in [-0.25, -0.2) is 9.97 Å². The highest BCUT2D eigenvalue weighted by Crippen LogP contribution is 2.26. The predicted molar refractivity (Wildman–Crippen MR) is 86.6 cm³/mol.